The number of aryl methyl sites for hydroxylation is 2. The van der Waals surface area contributed by atoms with E-state index in [-0.39, 0.29) is 11.8 Å². The molecule has 0 radical (unpaired) electrons. The Labute approximate surface area is 148 Å². The van der Waals surface area contributed by atoms with Crippen LogP contribution in [0.2, 0.25) is 0 Å². The maximum absolute atomic E-state index is 12.6. The molecule has 0 atom stereocenters. The van der Waals surface area contributed by atoms with Crippen molar-refractivity contribution in [2.24, 2.45) is 0 Å². The summed E-state index contributed by atoms with van der Waals surface area (Å²) in [5, 5.41) is 0. The average Bonchev–Trinajstić information content (AvgIpc) is 3.02. The van der Waals surface area contributed by atoms with Crippen LogP contribution in [0.1, 0.15) is 33.5 Å². The number of aromatic nitrogens is 1. The first-order valence-electron chi connectivity index (χ1n) is 8.80. The molecule has 3 rings (SSSR count). The van der Waals surface area contributed by atoms with Gasteiger partial charge in [-0.15, -0.1) is 0 Å². The van der Waals surface area contributed by atoms with E-state index in [0.29, 0.717) is 38.2 Å². The fourth-order valence-electron chi connectivity index (χ4n) is 3.21. The molecule has 0 bridgehead atoms. The van der Waals surface area contributed by atoms with Crippen LogP contribution >= 0.6 is 0 Å². The van der Waals surface area contributed by atoms with Crippen LogP contribution in [0.25, 0.3) is 0 Å². The van der Waals surface area contributed by atoms with E-state index in [9.17, 15) is 9.59 Å². The van der Waals surface area contributed by atoms with Crippen molar-refractivity contribution in [3.8, 4) is 0 Å². The minimum Gasteiger partial charge on any atom is -0.367 e. The summed E-state index contributed by atoms with van der Waals surface area (Å²) in [7, 11) is 0. The predicted molar refractivity (Wildman–Crippen MR) is 97.5 cm³/mol. The molecule has 1 aromatic heterocycles. The summed E-state index contributed by atoms with van der Waals surface area (Å²) in [4.78, 5) is 31.7. The van der Waals surface area contributed by atoms with E-state index in [1.54, 1.807) is 18.5 Å². The number of hydrogen-bond acceptors (Lipinski definition) is 2. The van der Waals surface area contributed by atoms with E-state index in [1.807, 2.05) is 15.9 Å². The molecule has 2 aromatic rings. The number of benzene rings is 1. The van der Waals surface area contributed by atoms with Crippen LogP contribution in [0.3, 0.4) is 0 Å². The van der Waals surface area contributed by atoms with Gasteiger partial charge in [-0.1, -0.05) is 18.2 Å². The molecule has 1 aromatic carbocycles. The number of aromatic amines is 1. The lowest BCUT2D eigenvalue weighted by Gasteiger charge is -2.22. The average molecular weight is 339 g/mol. The molecular formula is C20H25N3O2. The van der Waals surface area contributed by atoms with Crippen LogP contribution in [0.15, 0.2) is 36.7 Å². The summed E-state index contributed by atoms with van der Waals surface area (Å²) in [6.07, 6.45) is 4.71. The minimum absolute atomic E-state index is 0.0321. The Balaban J connectivity index is 1.59. The van der Waals surface area contributed by atoms with E-state index in [0.717, 1.165) is 12.0 Å². The largest absolute Gasteiger partial charge is 0.367 e. The molecule has 1 aliphatic rings. The van der Waals surface area contributed by atoms with Gasteiger partial charge < -0.3 is 14.8 Å². The van der Waals surface area contributed by atoms with Gasteiger partial charge in [0.15, 0.2) is 0 Å². The van der Waals surface area contributed by atoms with Gasteiger partial charge in [0.05, 0.1) is 12.0 Å². The Morgan fingerprint density at radius 3 is 2.48 bits per heavy atom. The molecule has 0 spiro atoms. The summed E-state index contributed by atoms with van der Waals surface area (Å²) in [5.74, 6) is 0.170. The van der Waals surface area contributed by atoms with Crippen LogP contribution < -0.4 is 0 Å². The van der Waals surface area contributed by atoms with Crippen molar-refractivity contribution in [2.45, 2.75) is 26.7 Å². The number of carbonyl (C=O) groups is 2. The molecule has 1 N–H and O–H groups in total. The molecule has 1 fully saturated rings. The highest BCUT2D eigenvalue weighted by Crippen LogP contribution is 2.13. The zero-order valence-electron chi connectivity index (χ0n) is 14.9. The fraction of sp³-hybridized carbons (Fsp3) is 0.400. The highest BCUT2D eigenvalue weighted by Gasteiger charge is 2.23. The number of rotatable bonds is 3. The highest BCUT2D eigenvalue weighted by molar-refractivity contribution is 5.94. The number of hydrogen-bond donors (Lipinski definition) is 1. The van der Waals surface area contributed by atoms with Crippen LogP contribution in [0.4, 0.5) is 0 Å². The van der Waals surface area contributed by atoms with Gasteiger partial charge in [-0.3, -0.25) is 9.59 Å². The molecule has 5 heteroatoms. The maximum atomic E-state index is 12.6. The normalized spacial score (nSPS) is 15.1. The molecule has 0 aliphatic carbocycles. The lowest BCUT2D eigenvalue weighted by Crippen LogP contribution is -2.37. The molecule has 0 saturated carbocycles. The molecule has 5 nitrogen and oxygen atoms in total. The summed E-state index contributed by atoms with van der Waals surface area (Å²) in [6.45, 7) is 6.73. The standard InChI is InChI=1S/C20H25N3O2/c1-15-4-5-17(12-16(15)2)13-19(24)22-8-3-9-23(11-10-22)20(25)18-6-7-21-14-18/h4-7,12,14,21H,3,8-11,13H2,1-2H3. The van der Waals surface area contributed by atoms with Crippen molar-refractivity contribution < 1.29 is 9.59 Å². The molecule has 2 amide bonds. The first-order chi connectivity index (χ1) is 12.0. The molecule has 0 unspecified atom stereocenters. The smallest absolute Gasteiger partial charge is 0.255 e. The molecule has 132 valence electrons. The first kappa shape index (κ1) is 17.3. The monoisotopic (exact) mass is 339 g/mol. The Morgan fingerprint density at radius 1 is 1.00 bits per heavy atom. The second-order valence-electron chi connectivity index (χ2n) is 6.72. The van der Waals surface area contributed by atoms with Gasteiger partial charge in [0.1, 0.15) is 0 Å². The third-order valence-corrected chi connectivity index (χ3v) is 4.91. The van der Waals surface area contributed by atoms with Crippen molar-refractivity contribution >= 4 is 11.8 Å². The second-order valence-corrected chi connectivity index (χ2v) is 6.72. The lowest BCUT2D eigenvalue weighted by atomic mass is 10.0. The highest BCUT2D eigenvalue weighted by atomic mass is 16.2. The van der Waals surface area contributed by atoms with Crippen molar-refractivity contribution in [3.05, 3.63) is 58.9 Å². The van der Waals surface area contributed by atoms with E-state index in [1.165, 1.54) is 11.1 Å². The maximum Gasteiger partial charge on any atom is 0.255 e. The van der Waals surface area contributed by atoms with Crippen LogP contribution in [0, 0.1) is 13.8 Å². The van der Waals surface area contributed by atoms with Gasteiger partial charge >= 0.3 is 0 Å². The van der Waals surface area contributed by atoms with Gasteiger partial charge in [-0.05, 0) is 43.0 Å². The fourth-order valence-corrected chi connectivity index (χ4v) is 3.21. The lowest BCUT2D eigenvalue weighted by molar-refractivity contribution is -0.130. The van der Waals surface area contributed by atoms with Gasteiger partial charge in [-0.2, -0.15) is 0 Å². The third-order valence-electron chi connectivity index (χ3n) is 4.91. The van der Waals surface area contributed by atoms with Gasteiger partial charge in [0.2, 0.25) is 5.91 Å². The Bertz CT molecular complexity index is 752. The van der Waals surface area contributed by atoms with Crippen molar-refractivity contribution in [3.63, 3.8) is 0 Å². The van der Waals surface area contributed by atoms with Crippen molar-refractivity contribution in [2.75, 3.05) is 26.2 Å². The van der Waals surface area contributed by atoms with E-state index < -0.39 is 0 Å². The van der Waals surface area contributed by atoms with Crippen LogP contribution in [-0.4, -0.2) is 52.8 Å². The Hall–Kier alpha value is -2.56. The summed E-state index contributed by atoms with van der Waals surface area (Å²) in [5.41, 5.74) is 4.18. The van der Waals surface area contributed by atoms with Crippen LogP contribution in [-0.2, 0) is 11.2 Å². The summed E-state index contributed by atoms with van der Waals surface area (Å²) in [6, 6.07) is 7.97. The van der Waals surface area contributed by atoms with Gasteiger partial charge in [0, 0.05) is 38.6 Å². The SMILES string of the molecule is Cc1ccc(CC(=O)N2CCCN(C(=O)c3cc[nH]c3)CC2)cc1C. The minimum atomic E-state index is 0.0321. The quantitative estimate of drug-likeness (QED) is 0.934. The van der Waals surface area contributed by atoms with E-state index in [2.05, 4.69) is 31.0 Å². The molecule has 1 aliphatic heterocycles. The molecular weight excluding hydrogens is 314 g/mol. The number of nitrogens with one attached hydrogen (secondary N) is 1. The van der Waals surface area contributed by atoms with E-state index in [4.69, 9.17) is 0 Å². The van der Waals surface area contributed by atoms with E-state index >= 15 is 0 Å². The van der Waals surface area contributed by atoms with Crippen molar-refractivity contribution in [1.82, 2.24) is 14.8 Å². The number of H-pyrrole nitrogens is 1. The predicted octanol–water partition coefficient (Wildman–Crippen LogP) is 2.55. The molecule has 25 heavy (non-hydrogen) atoms. The molecule has 1 saturated heterocycles. The summed E-state index contributed by atoms with van der Waals surface area (Å²) < 4.78 is 0. The number of nitrogens with zero attached hydrogens (tertiary/aromatic N) is 2. The second kappa shape index (κ2) is 7.55. The number of amides is 2. The number of carbonyl (C=O) groups excluding carboxylic acids is 2. The topological polar surface area (TPSA) is 56.4 Å². The van der Waals surface area contributed by atoms with Gasteiger partial charge in [0.25, 0.3) is 5.91 Å². The zero-order chi connectivity index (χ0) is 17.8. The van der Waals surface area contributed by atoms with Gasteiger partial charge in [-0.25, -0.2) is 0 Å². The molecule has 2 heterocycles. The summed E-state index contributed by atoms with van der Waals surface area (Å²) >= 11 is 0. The van der Waals surface area contributed by atoms with Crippen LogP contribution in [0.5, 0.6) is 0 Å². The first-order valence-corrected chi connectivity index (χ1v) is 8.80. The Kier molecular flexibility index (Phi) is 5.22. The zero-order valence-corrected chi connectivity index (χ0v) is 14.9. The Morgan fingerprint density at radius 2 is 1.76 bits per heavy atom. The van der Waals surface area contributed by atoms with Crippen molar-refractivity contribution in [1.29, 1.82) is 0 Å². The third kappa shape index (κ3) is 4.10.